The number of hydrogen-bond donors (Lipinski definition) is 3. The normalized spacial score (nSPS) is 10.8. The van der Waals surface area contributed by atoms with Gasteiger partial charge in [0.1, 0.15) is 23.7 Å². The quantitative estimate of drug-likeness (QED) is 0.457. The molecule has 0 bridgehead atoms. The van der Waals surface area contributed by atoms with Crippen LogP contribution in [0.25, 0.3) is 0 Å². The van der Waals surface area contributed by atoms with E-state index in [2.05, 4.69) is 10.3 Å². The Morgan fingerprint density at radius 2 is 2.03 bits per heavy atom. The van der Waals surface area contributed by atoms with Crippen molar-refractivity contribution >= 4 is 23.5 Å². The third-order valence-corrected chi connectivity index (χ3v) is 3.80. The molecule has 0 spiro atoms. The molecule has 1 aromatic heterocycles. The number of carbonyl (C=O) groups is 2. The Morgan fingerprint density at radius 1 is 1.34 bits per heavy atom. The maximum Gasteiger partial charge on any atom is 0.414 e. The molecule has 0 aliphatic carbocycles. The van der Waals surface area contributed by atoms with E-state index < -0.39 is 17.8 Å². The average Bonchev–Trinajstić information content (AvgIpc) is 2.70. The molecule has 1 unspecified atom stereocenters. The standard InChI is InChI=1S/C17H17ClFN3O.C2H2O4/c1-21-7-4-6-16(15-5-2-3-8-22-15)23-17-10-13(18)14(19)9-12(17)11-20;3-1(4)2(5)6/h2-3,5,8-10,16,21H,4,6-7H2,1H3;(H,3,4)(H,5,6). The molecule has 154 valence electrons. The van der Waals surface area contributed by atoms with Crippen LogP contribution < -0.4 is 10.1 Å². The zero-order chi connectivity index (χ0) is 21.8. The Balaban J connectivity index is 0.000000612. The van der Waals surface area contributed by atoms with Gasteiger partial charge in [0.15, 0.2) is 0 Å². The van der Waals surface area contributed by atoms with Gasteiger partial charge in [-0.2, -0.15) is 5.26 Å². The summed E-state index contributed by atoms with van der Waals surface area (Å²) in [4.78, 5) is 22.5. The van der Waals surface area contributed by atoms with E-state index >= 15 is 0 Å². The van der Waals surface area contributed by atoms with Crippen LogP contribution in [0.15, 0.2) is 36.5 Å². The molecule has 0 saturated carbocycles. The molecule has 0 radical (unpaired) electrons. The number of benzene rings is 1. The van der Waals surface area contributed by atoms with Gasteiger partial charge >= 0.3 is 11.9 Å². The van der Waals surface area contributed by atoms with Gasteiger partial charge in [-0.25, -0.2) is 14.0 Å². The zero-order valence-corrected chi connectivity index (χ0v) is 16.2. The number of aromatic nitrogens is 1. The van der Waals surface area contributed by atoms with E-state index in [0.29, 0.717) is 6.42 Å². The van der Waals surface area contributed by atoms with Crippen LogP contribution in [0.3, 0.4) is 0 Å². The number of hydrogen-bond acceptors (Lipinski definition) is 6. The predicted octanol–water partition coefficient (Wildman–Crippen LogP) is 3.02. The van der Waals surface area contributed by atoms with E-state index in [4.69, 9.17) is 41.4 Å². The number of nitrogens with zero attached hydrogens (tertiary/aromatic N) is 2. The largest absolute Gasteiger partial charge is 0.483 e. The molecule has 10 heteroatoms. The number of halogens is 2. The maximum atomic E-state index is 13.5. The van der Waals surface area contributed by atoms with Crippen LogP contribution in [-0.2, 0) is 9.59 Å². The minimum atomic E-state index is -1.82. The highest BCUT2D eigenvalue weighted by atomic mass is 35.5. The lowest BCUT2D eigenvalue weighted by Crippen LogP contribution is -2.14. The predicted molar refractivity (Wildman–Crippen MR) is 102 cm³/mol. The van der Waals surface area contributed by atoms with Crippen LogP contribution >= 0.6 is 11.6 Å². The Bertz CT molecular complexity index is 862. The average molecular weight is 424 g/mol. The lowest BCUT2D eigenvalue weighted by atomic mass is 10.1. The van der Waals surface area contributed by atoms with Crippen LogP contribution in [-0.4, -0.2) is 40.7 Å². The molecule has 0 amide bonds. The van der Waals surface area contributed by atoms with E-state index in [1.807, 2.05) is 31.3 Å². The first kappa shape index (κ1) is 23.8. The van der Waals surface area contributed by atoms with Crippen LogP contribution in [0, 0.1) is 17.1 Å². The molecule has 1 heterocycles. The molecule has 2 rings (SSSR count). The van der Waals surface area contributed by atoms with Gasteiger partial charge in [0.2, 0.25) is 0 Å². The summed E-state index contributed by atoms with van der Waals surface area (Å²) >= 11 is 5.81. The molecule has 1 aromatic carbocycles. The first-order valence-corrected chi connectivity index (χ1v) is 8.75. The SMILES string of the molecule is CNCCCC(Oc1cc(Cl)c(F)cc1C#N)c1ccccn1.O=C(O)C(=O)O. The summed E-state index contributed by atoms with van der Waals surface area (Å²) in [5.74, 6) is -4.02. The highest BCUT2D eigenvalue weighted by Gasteiger charge is 2.18. The van der Waals surface area contributed by atoms with Gasteiger partial charge in [-0.15, -0.1) is 0 Å². The molecule has 29 heavy (non-hydrogen) atoms. The first-order chi connectivity index (χ1) is 13.8. The van der Waals surface area contributed by atoms with Gasteiger partial charge in [-0.05, 0) is 44.6 Å². The van der Waals surface area contributed by atoms with Crippen LogP contribution in [0.4, 0.5) is 4.39 Å². The number of ether oxygens (including phenoxy) is 1. The molecule has 8 nitrogen and oxygen atoms in total. The van der Waals surface area contributed by atoms with Crippen molar-refractivity contribution in [3.05, 3.63) is 58.6 Å². The summed E-state index contributed by atoms with van der Waals surface area (Å²) in [6.45, 7) is 0.835. The Kier molecular flexibility index (Phi) is 10.1. The molecular weight excluding hydrogens is 405 g/mol. The molecule has 3 N–H and O–H groups in total. The van der Waals surface area contributed by atoms with Gasteiger partial charge in [0, 0.05) is 12.3 Å². The van der Waals surface area contributed by atoms with Crippen molar-refractivity contribution in [1.29, 1.82) is 5.26 Å². The van der Waals surface area contributed by atoms with E-state index in [-0.39, 0.29) is 22.4 Å². The highest BCUT2D eigenvalue weighted by molar-refractivity contribution is 6.30. The Labute approximate surface area is 171 Å². The van der Waals surface area contributed by atoms with Gasteiger partial charge in [-0.3, -0.25) is 4.98 Å². The summed E-state index contributed by atoms with van der Waals surface area (Å²) in [5, 5.41) is 27.0. The van der Waals surface area contributed by atoms with Crippen LogP contribution in [0.5, 0.6) is 5.75 Å². The second-order valence-electron chi connectivity index (χ2n) is 5.59. The van der Waals surface area contributed by atoms with Gasteiger partial charge < -0.3 is 20.3 Å². The van der Waals surface area contributed by atoms with Crippen molar-refractivity contribution in [2.45, 2.75) is 18.9 Å². The number of pyridine rings is 1. The molecular formula is C19H19ClFN3O5. The lowest BCUT2D eigenvalue weighted by Gasteiger charge is -2.19. The van der Waals surface area contributed by atoms with Gasteiger partial charge in [-0.1, -0.05) is 17.7 Å². The minimum absolute atomic E-state index is 0.0750. The second kappa shape index (κ2) is 12.3. The topological polar surface area (TPSA) is 133 Å². The van der Waals surface area contributed by atoms with Crippen molar-refractivity contribution in [2.24, 2.45) is 0 Å². The summed E-state index contributed by atoms with van der Waals surface area (Å²) in [7, 11) is 1.88. The zero-order valence-electron chi connectivity index (χ0n) is 15.4. The smallest absolute Gasteiger partial charge is 0.414 e. The summed E-state index contributed by atoms with van der Waals surface area (Å²) in [6, 6.07) is 9.91. The van der Waals surface area contributed by atoms with Crippen LogP contribution in [0.1, 0.15) is 30.2 Å². The third-order valence-electron chi connectivity index (χ3n) is 3.51. The molecule has 0 aliphatic heterocycles. The van der Waals surface area contributed by atoms with Crippen molar-refractivity contribution in [3.63, 3.8) is 0 Å². The molecule has 0 fully saturated rings. The fraction of sp³-hybridized carbons (Fsp3) is 0.263. The maximum absolute atomic E-state index is 13.5. The van der Waals surface area contributed by atoms with Crippen molar-refractivity contribution in [1.82, 2.24) is 10.3 Å². The van der Waals surface area contributed by atoms with Crippen molar-refractivity contribution < 1.29 is 28.9 Å². The van der Waals surface area contributed by atoms with Crippen LogP contribution in [0.2, 0.25) is 5.02 Å². The van der Waals surface area contributed by atoms with E-state index in [9.17, 15) is 4.39 Å². The van der Waals surface area contributed by atoms with Gasteiger partial charge in [0.25, 0.3) is 0 Å². The molecule has 0 aliphatic rings. The summed E-state index contributed by atoms with van der Waals surface area (Å²) < 4.78 is 19.4. The number of carboxylic acid groups (broad SMARTS) is 2. The summed E-state index contributed by atoms with van der Waals surface area (Å²) in [6.07, 6.45) is 2.93. The number of nitrogens with one attached hydrogen (secondary N) is 1. The van der Waals surface area contributed by atoms with E-state index in [1.165, 1.54) is 6.07 Å². The number of aliphatic carboxylic acids is 2. The fourth-order valence-corrected chi connectivity index (χ4v) is 2.32. The molecule has 2 aromatic rings. The van der Waals surface area contributed by atoms with E-state index in [1.54, 1.807) is 6.20 Å². The Hall–Kier alpha value is -3.22. The number of rotatable bonds is 7. The molecule has 1 atom stereocenters. The van der Waals surface area contributed by atoms with Gasteiger partial charge in [0.05, 0.1) is 16.3 Å². The van der Waals surface area contributed by atoms with Crippen molar-refractivity contribution in [2.75, 3.05) is 13.6 Å². The minimum Gasteiger partial charge on any atom is -0.483 e. The molecule has 0 saturated heterocycles. The van der Waals surface area contributed by atoms with E-state index in [0.717, 1.165) is 24.7 Å². The van der Waals surface area contributed by atoms with Crippen molar-refractivity contribution in [3.8, 4) is 11.8 Å². The fourth-order valence-electron chi connectivity index (χ4n) is 2.16. The first-order valence-electron chi connectivity index (χ1n) is 8.37. The Morgan fingerprint density at radius 3 is 2.55 bits per heavy atom. The summed E-state index contributed by atoms with van der Waals surface area (Å²) in [5.41, 5.74) is 0.870. The second-order valence-corrected chi connectivity index (χ2v) is 6.00. The lowest BCUT2D eigenvalue weighted by molar-refractivity contribution is -0.159. The number of nitriles is 1. The third kappa shape index (κ3) is 8.13. The monoisotopic (exact) mass is 423 g/mol. The highest BCUT2D eigenvalue weighted by Crippen LogP contribution is 2.31. The number of carboxylic acids is 2.